The van der Waals surface area contributed by atoms with E-state index < -0.39 is 0 Å². The molecule has 2 bridgehead atoms. The molecule has 2 aliphatic heterocycles. The molecule has 2 atom stereocenters. The smallest absolute Gasteiger partial charge is 0.228 e. The third-order valence-electron chi connectivity index (χ3n) is 5.52. The number of carbonyl (C=O) groups is 1. The van der Waals surface area contributed by atoms with E-state index >= 15 is 0 Å². The van der Waals surface area contributed by atoms with Crippen LogP contribution in [0.3, 0.4) is 0 Å². The Morgan fingerprint density at radius 1 is 1.19 bits per heavy atom. The Kier molecular flexibility index (Phi) is 8.10. The van der Waals surface area contributed by atoms with Gasteiger partial charge in [0.05, 0.1) is 17.1 Å². The second kappa shape index (κ2) is 9.87. The highest BCUT2D eigenvalue weighted by atomic mass is 35.5. The quantitative estimate of drug-likeness (QED) is 0.787. The average molecular weight is 428 g/mol. The molecule has 3 heterocycles. The zero-order valence-corrected chi connectivity index (χ0v) is 17.9. The molecule has 4 nitrogen and oxygen atoms in total. The molecule has 0 radical (unpaired) electrons. The minimum Gasteiger partial charge on any atom is -0.342 e. The first-order valence-electron chi connectivity index (χ1n) is 9.16. The van der Waals surface area contributed by atoms with Gasteiger partial charge >= 0.3 is 0 Å². The largest absolute Gasteiger partial charge is 0.342 e. The summed E-state index contributed by atoms with van der Waals surface area (Å²) < 4.78 is 0. The van der Waals surface area contributed by atoms with Crippen LogP contribution in [0, 0.1) is 0 Å². The van der Waals surface area contributed by atoms with Crippen molar-refractivity contribution in [3.63, 3.8) is 0 Å². The third-order valence-corrected chi connectivity index (χ3v) is 6.42. The lowest BCUT2D eigenvalue weighted by Gasteiger charge is -2.35. The Morgan fingerprint density at radius 3 is 2.52 bits per heavy atom. The molecule has 1 amide bonds. The second-order valence-electron chi connectivity index (χ2n) is 7.34. The average Bonchev–Trinajstić information content (AvgIpc) is 3.20. The molecule has 2 aliphatic rings. The summed E-state index contributed by atoms with van der Waals surface area (Å²) in [5.41, 5.74) is 2.17. The number of rotatable bonds is 5. The van der Waals surface area contributed by atoms with E-state index in [0.717, 1.165) is 30.0 Å². The van der Waals surface area contributed by atoms with Crippen molar-refractivity contribution in [1.29, 1.82) is 0 Å². The first-order chi connectivity index (χ1) is 12.2. The minimum atomic E-state index is 0. The fourth-order valence-electron chi connectivity index (χ4n) is 4.11. The van der Waals surface area contributed by atoms with Gasteiger partial charge < -0.3 is 10.2 Å². The third kappa shape index (κ3) is 5.44. The van der Waals surface area contributed by atoms with Gasteiger partial charge in [-0.1, -0.05) is 30.3 Å². The van der Waals surface area contributed by atoms with Gasteiger partial charge in [0.15, 0.2) is 0 Å². The van der Waals surface area contributed by atoms with Crippen LogP contribution < -0.4 is 5.32 Å². The lowest BCUT2D eigenvalue weighted by atomic mass is 9.98. The number of thiazole rings is 1. The molecule has 1 N–H and O–H groups in total. The molecule has 1 aromatic heterocycles. The van der Waals surface area contributed by atoms with E-state index in [0.29, 0.717) is 24.5 Å². The van der Waals surface area contributed by atoms with E-state index in [4.69, 9.17) is 0 Å². The Labute approximate surface area is 177 Å². The standard InChI is InChI=1S/C20H25N3OS.2ClH/c1-23(18-10-15-7-8-16(11-18)21-15)20(24)12-17-13-25-19(22-17)9-14-5-3-2-4-6-14;;/h2-6,13,15-16,18,21H,7-12H2,1H3;2*1H. The van der Waals surface area contributed by atoms with Crippen molar-refractivity contribution < 1.29 is 4.79 Å². The molecule has 4 rings (SSSR count). The highest BCUT2D eigenvalue weighted by Crippen LogP contribution is 2.29. The lowest BCUT2D eigenvalue weighted by Crippen LogP contribution is -2.49. The summed E-state index contributed by atoms with van der Waals surface area (Å²) in [6.45, 7) is 0. The van der Waals surface area contributed by atoms with Gasteiger partial charge in [0.1, 0.15) is 0 Å². The summed E-state index contributed by atoms with van der Waals surface area (Å²) in [5, 5.41) is 6.76. The van der Waals surface area contributed by atoms with Gasteiger partial charge in [-0.25, -0.2) is 4.98 Å². The number of benzene rings is 1. The van der Waals surface area contributed by atoms with Crippen molar-refractivity contribution >= 4 is 42.1 Å². The zero-order chi connectivity index (χ0) is 17.2. The number of fused-ring (bicyclic) bond motifs is 2. The van der Waals surface area contributed by atoms with Crippen LogP contribution in [0.1, 0.15) is 41.9 Å². The number of nitrogens with zero attached hydrogens (tertiary/aromatic N) is 2. The predicted molar refractivity (Wildman–Crippen MR) is 115 cm³/mol. The van der Waals surface area contributed by atoms with Gasteiger partial charge in [-0.3, -0.25) is 4.79 Å². The summed E-state index contributed by atoms with van der Waals surface area (Å²) in [4.78, 5) is 19.3. The van der Waals surface area contributed by atoms with Gasteiger partial charge in [0.25, 0.3) is 0 Å². The molecular weight excluding hydrogens is 401 g/mol. The van der Waals surface area contributed by atoms with Crippen molar-refractivity contribution in [3.05, 3.63) is 52.0 Å². The number of nitrogens with one attached hydrogen (secondary N) is 1. The van der Waals surface area contributed by atoms with Crippen LogP contribution >= 0.6 is 36.2 Å². The van der Waals surface area contributed by atoms with E-state index in [9.17, 15) is 4.79 Å². The Bertz CT molecular complexity index is 728. The van der Waals surface area contributed by atoms with Crippen molar-refractivity contribution in [2.75, 3.05) is 7.05 Å². The van der Waals surface area contributed by atoms with Gasteiger partial charge in [0.2, 0.25) is 5.91 Å². The van der Waals surface area contributed by atoms with Crippen molar-refractivity contribution in [3.8, 4) is 0 Å². The maximum atomic E-state index is 12.7. The molecule has 0 spiro atoms. The van der Waals surface area contributed by atoms with Crippen LogP contribution in [0.25, 0.3) is 0 Å². The van der Waals surface area contributed by atoms with E-state index in [1.54, 1.807) is 11.3 Å². The van der Waals surface area contributed by atoms with Crippen LogP contribution in [0.4, 0.5) is 0 Å². The van der Waals surface area contributed by atoms with Gasteiger partial charge in [-0.2, -0.15) is 0 Å². The molecule has 1 aromatic carbocycles. The van der Waals surface area contributed by atoms with Crippen LogP contribution in [-0.2, 0) is 17.6 Å². The highest BCUT2D eigenvalue weighted by Gasteiger charge is 2.36. The summed E-state index contributed by atoms with van der Waals surface area (Å²) >= 11 is 1.65. The number of piperidine rings is 1. The molecule has 2 aromatic rings. The van der Waals surface area contributed by atoms with Gasteiger partial charge in [-0.05, 0) is 31.2 Å². The first kappa shape index (κ1) is 22.2. The molecular formula is C20H27Cl2N3OS. The maximum absolute atomic E-state index is 12.7. The fraction of sp³-hybridized carbons (Fsp3) is 0.500. The monoisotopic (exact) mass is 427 g/mol. The first-order valence-corrected chi connectivity index (χ1v) is 10.0. The number of halogens is 2. The summed E-state index contributed by atoms with van der Waals surface area (Å²) in [6, 6.07) is 12.0. The minimum absolute atomic E-state index is 0. The maximum Gasteiger partial charge on any atom is 0.228 e. The van der Waals surface area contributed by atoms with Crippen molar-refractivity contribution in [2.24, 2.45) is 0 Å². The topological polar surface area (TPSA) is 45.2 Å². The van der Waals surface area contributed by atoms with E-state index in [1.807, 2.05) is 23.4 Å². The second-order valence-corrected chi connectivity index (χ2v) is 8.28. The van der Waals surface area contributed by atoms with Crippen LogP contribution in [-0.4, -0.2) is 41.0 Å². The van der Waals surface area contributed by atoms with Gasteiger partial charge in [0, 0.05) is 37.0 Å². The zero-order valence-electron chi connectivity index (χ0n) is 15.5. The number of aromatic nitrogens is 1. The Morgan fingerprint density at radius 2 is 1.85 bits per heavy atom. The SMILES string of the molecule is CN(C(=O)Cc1csc(Cc2ccccc2)n1)C1CC2CCC(C1)N2.Cl.Cl. The lowest BCUT2D eigenvalue weighted by molar-refractivity contribution is -0.132. The van der Waals surface area contributed by atoms with Crippen molar-refractivity contribution in [2.45, 2.75) is 56.7 Å². The van der Waals surface area contributed by atoms with Gasteiger partial charge in [-0.15, -0.1) is 36.2 Å². The summed E-state index contributed by atoms with van der Waals surface area (Å²) in [7, 11) is 1.97. The predicted octanol–water partition coefficient (Wildman–Crippen LogP) is 3.86. The number of amides is 1. The van der Waals surface area contributed by atoms with Crippen molar-refractivity contribution in [1.82, 2.24) is 15.2 Å². The van der Waals surface area contributed by atoms with E-state index in [-0.39, 0.29) is 30.7 Å². The summed E-state index contributed by atoms with van der Waals surface area (Å²) in [5.74, 6) is 0.197. The summed E-state index contributed by atoms with van der Waals surface area (Å²) in [6.07, 6.45) is 5.97. The molecule has 2 saturated heterocycles. The molecule has 2 unspecified atom stereocenters. The van der Waals surface area contributed by atoms with Crippen LogP contribution in [0.5, 0.6) is 0 Å². The molecule has 148 valence electrons. The van der Waals surface area contributed by atoms with Crippen LogP contribution in [0.2, 0.25) is 0 Å². The number of likely N-dealkylation sites (N-methyl/N-ethyl adjacent to an activating group) is 1. The fourth-order valence-corrected chi connectivity index (χ4v) is 4.94. The number of hydrogen-bond acceptors (Lipinski definition) is 4. The highest BCUT2D eigenvalue weighted by molar-refractivity contribution is 7.09. The molecule has 0 aliphatic carbocycles. The Hall–Kier alpha value is -1.14. The normalized spacial score (nSPS) is 23.2. The van der Waals surface area contributed by atoms with E-state index in [2.05, 4.69) is 34.6 Å². The van der Waals surface area contributed by atoms with Crippen LogP contribution in [0.15, 0.2) is 35.7 Å². The number of carbonyl (C=O) groups excluding carboxylic acids is 1. The Balaban J connectivity index is 0.00000131. The molecule has 27 heavy (non-hydrogen) atoms. The molecule has 7 heteroatoms. The van der Waals surface area contributed by atoms with E-state index in [1.165, 1.54) is 18.4 Å². The molecule has 0 saturated carbocycles. The number of hydrogen-bond donors (Lipinski definition) is 1. The molecule has 2 fully saturated rings.